The van der Waals surface area contributed by atoms with Gasteiger partial charge in [-0.15, -0.1) is 12.4 Å². The van der Waals surface area contributed by atoms with Crippen molar-refractivity contribution < 1.29 is 14.3 Å². The maximum Gasteiger partial charge on any atom is 0.260 e. The van der Waals surface area contributed by atoms with Crippen molar-refractivity contribution >= 4 is 45.0 Å². The molecule has 1 heterocycles. The smallest absolute Gasteiger partial charge is 0.260 e. The molecular weight excluding hydrogens is 446 g/mol. The number of rotatable bonds is 9. The monoisotopic (exact) mass is 477 g/mol. The molecular formula is C24H32ClN3O3S. The van der Waals surface area contributed by atoms with Gasteiger partial charge in [0.05, 0.1) is 24.4 Å². The second-order valence-corrected chi connectivity index (χ2v) is 8.46. The lowest BCUT2D eigenvalue weighted by atomic mass is 10.1. The zero-order chi connectivity index (χ0) is 22.5. The zero-order valence-electron chi connectivity index (χ0n) is 19.6. The van der Waals surface area contributed by atoms with Crippen molar-refractivity contribution in [3.05, 3.63) is 47.0 Å². The van der Waals surface area contributed by atoms with Gasteiger partial charge in [0.1, 0.15) is 0 Å². The lowest BCUT2D eigenvalue weighted by Crippen LogP contribution is -2.38. The van der Waals surface area contributed by atoms with Crippen LogP contribution in [0.15, 0.2) is 30.3 Å². The molecule has 0 aliphatic heterocycles. The fourth-order valence-electron chi connectivity index (χ4n) is 3.47. The summed E-state index contributed by atoms with van der Waals surface area (Å²) in [6.45, 7) is 11.7. The standard InChI is InChI=1S/C24H31N3O3S.ClH/c1-7-26(8-2)11-12-27(23(28)18-9-10-20(29-5)21(15-18)30-6)24-25-19-13-16(3)17(4)14-22(19)31-24;/h9-10,13-15H,7-8,11-12H2,1-6H3;1H. The molecule has 174 valence electrons. The highest BCUT2D eigenvalue weighted by Gasteiger charge is 2.23. The molecule has 32 heavy (non-hydrogen) atoms. The van der Waals surface area contributed by atoms with Gasteiger partial charge in [0.2, 0.25) is 0 Å². The molecule has 3 aromatic rings. The molecule has 0 spiro atoms. The van der Waals surface area contributed by atoms with Crippen LogP contribution in [0.5, 0.6) is 11.5 Å². The average Bonchev–Trinajstić information content (AvgIpc) is 3.18. The summed E-state index contributed by atoms with van der Waals surface area (Å²) in [5.41, 5.74) is 3.90. The van der Waals surface area contributed by atoms with Gasteiger partial charge in [-0.1, -0.05) is 25.2 Å². The highest BCUT2D eigenvalue weighted by Crippen LogP contribution is 2.33. The minimum absolute atomic E-state index is 0. The van der Waals surface area contributed by atoms with Crippen LogP contribution in [0.4, 0.5) is 5.13 Å². The number of methoxy groups -OCH3 is 2. The molecule has 0 bridgehead atoms. The van der Waals surface area contributed by atoms with Crippen molar-refractivity contribution in [2.45, 2.75) is 27.7 Å². The summed E-state index contributed by atoms with van der Waals surface area (Å²) in [6.07, 6.45) is 0. The van der Waals surface area contributed by atoms with Gasteiger partial charge in [-0.3, -0.25) is 9.69 Å². The van der Waals surface area contributed by atoms with E-state index in [1.165, 1.54) is 11.1 Å². The van der Waals surface area contributed by atoms with Gasteiger partial charge in [0.15, 0.2) is 16.6 Å². The highest BCUT2D eigenvalue weighted by atomic mass is 35.5. The highest BCUT2D eigenvalue weighted by molar-refractivity contribution is 7.22. The van der Waals surface area contributed by atoms with Gasteiger partial charge < -0.3 is 14.4 Å². The molecule has 0 radical (unpaired) electrons. The van der Waals surface area contributed by atoms with Crippen molar-refractivity contribution in [2.24, 2.45) is 0 Å². The van der Waals surface area contributed by atoms with Crippen LogP contribution in [0.3, 0.4) is 0 Å². The van der Waals surface area contributed by atoms with Crippen LogP contribution in [-0.4, -0.2) is 56.2 Å². The molecule has 3 rings (SSSR count). The number of hydrogen-bond acceptors (Lipinski definition) is 6. The molecule has 0 unspecified atom stereocenters. The number of ether oxygens (including phenoxy) is 2. The van der Waals surface area contributed by atoms with Crippen molar-refractivity contribution in [3.8, 4) is 11.5 Å². The second kappa shape index (κ2) is 11.5. The first-order valence-electron chi connectivity index (χ1n) is 10.6. The van der Waals surface area contributed by atoms with Gasteiger partial charge in [0.25, 0.3) is 5.91 Å². The van der Waals surface area contributed by atoms with E-state index in [0.717, 1.165) is 29.9 Å². The minimum atomic E-state index is -0.0967. The lowest BCUT2D eigenvalue weighted by molar-refractivity contribution is 0.0983. The molecule has 0 aliphatic carbocycles. The van der Waals surface area contributed by atoms with Crippen molar-refractivity contribution in [1.29, 1.82) is 0 Å². The number of fused-ring (bicyclic) bond motifs is 1. The summed E-state index contributed by atoms with van der Waals surface area (Å²) in [5.74, 6) is 1.04. The van der Waals surface area contributed by atoms with Crippen molar-refractivity contribution in [3.63, 3.8) is 0 Å². The minimum Gasteiger partial charge on any atom is -0.493 e. The van der Waals surface area contributed by atoms with Crippen LogP contribution in [0.25, 0.3) is 10.2 Å². The summed E-state index contributed by atoms with van der Waals surface area (Å²) >= 11 is 1.56. The normalized spacial score (nSPS) is 10.8. The van der Waals surface area contributed by atoms with E-state index < -0.39 is 0 Å². The van der Waals surface area contributed by atoms with Gasteiger partial charge >= 0.3 is 0 Å². The molecule has 0 aliphatic rings. The average molecular weight is 478 g/mol. The van der Waals surface area contributed by atoms with E-state index in [0.29, 0.717) is 28.7 Å². The van der Waals surface area contributed by atoms with Crippen molar-refractivity contribution in [2.75, 3.05) is 45.3 Å². The Morgan fingerprint density at radius 3 is 2.25 bits per heavy atom. The zero-order valence-corrected chi connectivity index (χ0v) is 21.2. The number of aromatic nitrogens is 1. The van der Waals surface area contributed by atoms with E-state index in [2.05, 4.69) is 44.7 Å². The fourth-order valence-corrected chi connectivity index (χ4v) is 4.54. The van der Waals surface area contributed by atoms with Crippen LogP contribution < -0.4 is 14.4 Å². The van der Waals surface area contributed by atoms with Crippen molar-refractivity contribution in [1.82, 2.24) is 9.88 Å². The van der Waals surface area contributed by atoms with Crippen LogP contribution in [0.1, 0.15) is 35.3 Å². The first-order valence-corrected chi connectivity index (χ1v) is 11.4. The Morgan fingerprint density at radius 2 is 1.62 bits per heavy atom. The fraction of sp³-hybridized carbons (Fsp3) is 0.417. The van der Waals surface area contributed by atoms with Crippen LogP contribution in [0, 0.1) is 13.8 Å². The molecule has 0 fully saturated rings. The molecule has 0 saturated carbocycles. The number of carbonyl (C=O) groups is 1. The molecule has 0 saturated heterocycles. The Balaban J connectivity index is 0.00000363. The van der Waals surface area contributed by atoms with E-state index in [1.807, 2.05) is 0 Å². The predicted molar refractivity (Wildman–Crippen MR) is 135 cm³/mol. The van der Waals surface area contributed by atoms with Gasteiger partial charge in [-0.25, -0.2) is 4.98 Å². The number of amides is 1. The van der Waals surface area contributed by atoms with E-state index in [1.54, 1.807) is 48.7 Å². The maximum atomic E-state index is 13.6. The Morgan fingerprint density at radius 1 is 0.969 bits per heavy atom. The summed E-state index contributed by atoms with van der Waals surface area (Å²) in [7, 11) is 3.16. The lowest BCUT2D eigenvalue weighted by Gasteiger charge is -2.25. The third-order valence-electron chi connectivity index (χ3n) is 5.63. The predicted octanol–water partition coefficient (Wildman–Crippen LogP) is 5.34. The number of halogens is 1. The molecule has 1 aromatic heterocycles. The van der Waals surface area contributed by atoms with Crippen LogP contribution >= 0.6 is 23.7 Å². The quantitative estimate of drug-likeness (QED) is 0.416. The Kier molecular flexibility index (Phi) is 9.31. The number of likely N-dealkylation sites (N-methyl/N-ethyl adjacent to an activating group) is 1. The number of hydrogen-bond donors (Lipinski definition) is 0. The number of aryl methyl sites for hydroxylation is 2. The molecule has 6 nitrogen and oxygen atoms in total. The van der Waals surface area contributed by atoms with E-state index in [-0.39, 0.29) is 18.3 Å². The topological polar surface area (TPSA) is 54.9 Å². The number of carbonyl (C=O) groups excluding carboxylic acids is 1. The summed E-state index contributed by atoms with van der Waals surface area (Å²) in [4.78, 5) is 22.5. The Hall–Kier alpha value is -2.35. The first-order chi connectivity index (χ1) is 14.9. The largest absolute Gasteiger partial charge is 0.493 e. The number of anilines is 1. The molecule has 1 amide bonds. The number of benzene rings is 2. The van der Waals surface area contributed by atoms with Gasteiger partial charge in [0, 0.05) is 18.7 Å². The van der Waals surface area contributed by atoms with Crippen LogP contribution in [0.2, 0.25) is 0 Å². The first kappa shape index (κ1) is 25.9. The Bertz CT molecular complexity index is 1030. The molecule has 8 heteroatoms. The second-order valence-electron chi connectivity index (χ2n) is 7.45. The molecule has 0 N–H and O–H groups in total. The maximum absolute atomic E-state index is 13.6. The summed E-state index contributed by atoms with van der Waals surface area (Å²) in [5, 5.41) is 0.715. The Labute approximate surface area is 200 Å². The number of thiazole rings is 1. The SMILES string of the molecule is CCN(CC)CCN(C(=O)c1ccc(OC)c(OC)c1)c1nc2cc(C)c(C)cc2s1.Cl. The number of nitrogens with zero attached hydrogens (tertiary/aromatic N) is 3. The summed E-state index contributed by atoms with van der Waals surface area (Å²) in [6, 6.07) is 9.51. The molecule has 2 aromatic carbocycles. The third-order valence-corrected chi connectivity index (χ3v) is 6.67. The van der Waals surface area contributed by atoms with E-state index in [9.17, 15) is 4.79 Å². The van der Waals surface area contributed by atoms with E-state index >= 15 is 0 Å². The van der Waals surface area contributed by atoms with Crippen LogP contribution in [-0.2, 0) is 0 Å². The third kappa shape index (κ3) is 5.52. The van der Waals surface area contributed by atoms with E-state index in [4.69, 9.17) is 14.5 Å². The molecule has 0 atom stereocenters. The van der Waals surface area contributed by atoms with Gasteiger partial charge in [-0.05, 0) is 68.4 Å². The van der Waals surface area contributed by atoms with Gasteiger partial charge in [-0.2, -0.15) is 0 Å². The summed E-state index contributed by atoms with van der Waals surface area (Å²) < 4.78 is 11.8.